The zero-order valence-electron chi connectivity index (χ0n) is 10.9. The summed E-state index contributed by atoms with van der Waals surface area (Å²) in [7, 11) is -2.60. The highest BCUT2D eigenvalue weighted by molar-refractivity contribution is 7.92. The van der Waals surface area contributed by atoms with Crippen LogP contribution >= 0.6 is 11.6 Å². The number of rotatable bonds is 4. The van der Waals surface area contributed by atoms with Gasteiger partial charge in [-0.2, -0.15) is 5.26 Å². The number of nitriles is 1. The number of hydrogen-bond donors (Lipinski definition) is 1. The van der Waals surface area contributed by atoms with Crippen LogP contribution in [0, 0.1) is 11.3 Å². The van der Waals surface area contributed by atoms with Gasteiger partial charge in [0.25, 0.3) is 10.0 Å². The number of nitrogens with one attached hydrogen (secondary N) is 1. The molecule has 0 spiro atoms. The molecule has 8 heteroatoms. The molecule has 0 bridgehead atoms. The van der Waals surface area contributed by atoms with Gasteiger partial charge in [0, 0.05) is 6.20 Å². The molecule has 0 saturated heterocycles. The Labute approximate surface area is 127 Å². The second-order valence-electron chi connectivity index (χ2n) is 3.89. The van der Waals surface area contributed by atoms with Crippen LogP contribution in [0.25, 0.3) is 0 Å². The number of pyridine rings is 1. The Morgan fingerprint density at radius 3 is 2.71 bits per heavy atom. The molecule has 0 radical (unpaired) electrons. The minimum absolute atomic E-state index is 0.0578. The number of benzene rings is 1. The van der Waals surface area contributed by atoms with Gasteiger partial charge in [-0.25, -0.2) is 13.4 Å². The van der Waals surface area contributed by atoms with Crippen LogP contribution in [0.5, 0.6) is 5.75 Å². The van der Waals surface area contributed by atoms with Gasteiger partial charge in [-0.3, -0.25) is 4.72 Å². The van der Waals surface area contributed by atoms with E-state index in [1.54, 1.807) is 12.1 Å². The van der Waals surface area contributed by atoms with Gasteiger partial charge in [-0.05, 0) is 24.3 Å². The number of para-hydroxylation sites is 1. The molecule has 2 rings (SSSR count). The molecule has 0 unspecified atom stereocenters. The summed E-state index contributed by atoms with van der Waals surface area (Å²) < 4.78 is 32.1. The van der Waals surface area contributed by atoms with E-state index < -0.39 is 10.0 Å². The van der Waals surface area contributed by atoms with Crippen molar-refractivity contribution in [3.63, 3.8) is 0 Å². The Balaban J connectivity index is 2.52. The van der Waals surface area contributed by atoms with Gasteiger partial charge in [0.1, 0.15) is 27.6 Å². The molecule has 0 saturated carbocycles. The second kappa shape index (κ2) is 5.99. The lowest BCUT2D eigenvalue weighted by Gasteiger charge is -2.13. The molecule has 0 amide bonds. The van der Waals surface area contributed by atoms with E-state index in [0.717, 1.165) is 0 Å². The van der Waals surface area contributed by atoms with Crippen LogP contribution in [0.15, 0.2) is 41.4 Å². The van der Waals surface area contributed by atoms with Crippen molar-refractivity contribution in [2.45, 2.75) is 4.90 Å². The fourth-order valence-corrected chi connectivity index (χ4v) is 3.21. The predicted octanol–water partition coefficient (Wildman–Crippen LogP) is 2.42. The molecule has 1 aromatic heterocycles. The van der Waals surface area contributed by atoms with Crippen molar-refractivity contribution in [3.8, 4) is 11.8 Å². The van der Waals surface area contributed by atoms with Crippen LogP contribution < -0.4 is 9.46 Å². The molecule has 0 aliphatic rings. The summed E-state index contributed by atoms with van der Waals surface area (Å²) in [6.45, 7) is 0. The van der Waals surface area contributed by atoms with Gasteiger partial charge < -0.3 is 4.74 Å². The van der Waals surface area contributed by atoms with Crippen molar-refractivity contribution >= 4 is 27.3 Å². The quantitative estimate of drug-likeness (QED) is 0.872. The van der Waals surface area contributed by atoms with Crippen molar-refractivity contribution in [3.05, 3.63) is 47.2 Å². The lowest BCUT2D eigenvalue weighted by Crippen LogP contribution is -2.15. The summed E-state index contributed by atoms with van der Waals surface area (Å²) >= 11 is 5.80. The van der Waals surface area contributed by atoms with Crippen LogP contribution in [-0.2, 0) is 10.0 Å². The van der Waals surface area contributed by atoms with Gasteiger partial charge >= 0.3 is 0 Å². The first-order valence-corrected chi connectivity index (χ1v) is 7.56. The van der Waals surface area contributed by atoms with Gasteiger partial charge in [0.05, 0.1) is 12.7 Å². The summed E-state index contributed by atoms with van der Waals surface area (Å²) in [6, 6.07) is 9.29. The maximum Gasteiger partial charge on any atom is 0.265 e. The van der Waals surface area contributed by atoms with E-state index in [1.165, 1.54) is 31.5 Å². The second-order valence-corrected chi connectivity index (χ2v) is 5.90. The van der Waals surface area contributed by atoms with E-state index in [-0.39, 0.29) is 27.0 Å². The zero-order valence-corrected chi connectivity index (χ0v) is 12.4. The fourth-order valence-electron chi connectivity index (χ4n) is 1.66. The maximum absolute atomic E-state index is 12.4. The number of methoxy groups -OCH3 is 1. The highest BCUT2D eigenvalue weighted by atomic mass is 35.5. The van der Waals surface area contributed by atoms with E-state index >= 15 is 0 Å². The first-order valence-electron chi connectivity index (χ1n) is 5.70. The third-order valence-electron chi connectivity index (χ3n) is 2.62. The topological polar surface area (TPSA) is 92.1 Å². The van der Waals surface area contributed by atoms with Crippen molar-refractivity contribution in [2.24, 2.45) is 0 Å². The number of hydrogen-bond acceptors (Lipinski definition) is 5. The van der Waals surface area contributed by atoms with Crippen molar-refractivity contribution < 1.29 is 13.2 Å². The Bertz CT molecular complexity index is 816. The molecular weight excluding hydrogens is 314 g/mol. The number of ether oxygens (including phenoxy) is 1. The lowest BCUT2D eigenvalue weighted by molar-refractivity contribution is 0.416. The van der Waals surface area contributed by atoms with Crippen molar-refractivity contribution in [2.75, 3.05) is 11.8 Å². The Kier molecular flexibility index (Phi) is 4.31. The first-order chi connectivity index (χ1) is 9.99. The zero-order chi connectivity index (χ0) is 15.5. The smallest absolute Gasteiger partial charge is 0.265 e. The molecule has 2 aromatic rings. The summed E-state index contributed by atoms with van der Waals surface area (Å²) in [6.07, 6.45) is 1.38. The third-order valence-corrected chi connectivity index (χ3v) is 4.41. The number of halogens is 1. The van der Waals surface area contributed by atoms with Crippen LogP contribution in [0.1, 0.15) is 5.56 Å². The molecule has 1 aromatic carbocycles. The standard InChI is InChI=1S/C13H10ClN3O3S/c1-20-10-5-2-4-9(8-15)12(10)17-21(18,19)11-6-3-7-16-13(11)14/h2-7,17H,1H3. The van der Waals surface area contributed by atoms with E-state index in [0.29, 0.717) is 0 Å². The molecule has 1 heterocycles. The molecule has 0 atom stereocenters. The van der Waals surface area contributed by atoms with Crippen LogP contribution in [0.3, 0.4) is 0 Å². The largest absolute Gasteiger partial charge is 0.495 e. The number of sulfonamides is 1. The van der Waals surface area contributed by atoms with E-state index in [1.807, 2.05) is 6.07 Å². The SMILES string of the molecule is COc1cccc(C#N)c1NS(=O)(=O)c1cccnc1Cl. The minimum Gasteiger partial charge on any atom is -0.495 e. The number of aromatic nitrogens is 1. The lowest BCUT2D eigenvalue weighted by atomic mass is 10.2. The summed E-state index contributed by atoms with van der Waals surface area (Å²) in [5.41, 5.74) is 0.195. The maximum atomic E-state index is 12.4. The van der Waals surface area contributed by atoms with Gasteiger partial charge in [-0.15, -0.1) is 0 Å². The molecule has 0 aliphatic heterocycles. The molecule has 0 fully saturated rings. The Hall–Kier alpha value is -2.30. The van der Waals surface area contributed by atoms with Crippen molar-refractivity contribution in [1.29, 1.82) is 5.26 Å². The fraction of sp³-hybridized carbons (Fsp3) is 0.0769. The molecular formula is C13H10ClN3O3S. The Morgan fingerprint density at radius 2 is 2.10 bits per heavy atom. The minimum atomic E-state index is -3.98. The highest BCUT2D eigenvalue weighted by Gasteiger charge is 2.22. The van der Waals surface area contributed by atoms with Crippen LogP contribution in [0.2, 0.25) is 5.15 Å². The number of anilines is 1. The van der Waals surface area contributed by atoms with Crippen LogP contribution in [-0.4, -0.2) is 20.5 Å². The van der Waals surface area contributed by atoms with Crippen molar-refractivity contribution in [1.82, 2.24) is 4.98 Å². The predicted molar refractivity (Wildman–Crippen MR) is 77.8 cm³/mol. The average molecular weight is 324 g/mol. The third kappa shape index (κ3) is 3.07. The molecule has 1 N–H and O–H groups in total. The summed E-state index contributed by atoms with van der Waals surface area (Å²) in [4.78, 5) is 3.54. The number of nitrogens with zero attached hydrogens (tertiary/aromatic N) is 2. The van der Waals surface area contributed by atoms with E-state index in [9.17, 15) is 8.42 Å². The van der Waals surface area contributed by atoms with Gasteiger partial charge in [0.2, 0.25) is 0 Å². The van der Waals surface area contributed by atoms with E-state index in [2.05, 4.69) is 9.71 Å². The molecule has 6 nitrogen and oxygen atoms in total. The molecule has 0 aliphatic carbocycles. The Morgan fingerprint density at radius 1 is 1.33 bits per heavy atom. The molecule has 21 heavy (non-hydrogen) atoms. The summed E-state index contributed by atoms with van der Waals surface area (Å²) in [5, 5.41) is 8.93. The summed E-state index contributed by atoms with van der Waals surface area (Å²) in [5.74, 6) is 0.234. The van der Waals surface area contributed by atoms with E-state index in [4.69, 9.17) is 21.6 Å². The van der Waals surface area contributed by atoms with Gasteiger partial charge in [0.15, 0.2) is 0 Å². The monoisotopic (exact) mass is 323 g/mol. The first kappa shape index (κ1) is 15.1. The average Bonchev–Trinajstić information content (AvgIpc) is 2.47. The highest BCUT2D eigenvalue weighted by Crippen LogP contribution is 2.31. The van der Waals surface area contributed by atoms with Gasteiger partial charge in [-0.1, -0.05) is 17.7 Å². The normalized spacial score (nSPS) is 10.7. The van der Waals surface area contributed by atoms with Crippen LogP contribution in [0.4, 0.5) is 5.69 Å². The molecule has 108 valence electrons.